The summed E-state index contributed by atoms with van der Waals surface area (Å²) in [6.07, 6.45) is 1.57. The number of Topliss-reactive ketones (excluding diaryl/α,β-unsaturated/α-hetero) is 1. The van der Waals surface area contributed by atoms with E-state index in [1.807, 2.05) is 0 Å². The highest BCUT2D eigenvalue weighted by atomic mass is 79.9. The summed E-state index contributed by atoms with van der Waals surface area (Å²) in [4.78, 5) is 25.7. The van der Waals surface area contributed by atoms with Crippen LogP contribution in [0.25, 0.3) is 0 Å². The predicted molar refractivity (Wildman–Crippen MR) is 130 cm³/mol. The number of amides is 1. The van der Waals surface area contributed by atoms with Gasteiger partial charge in [0.1, 0.15) is 3.23 Å². The van der Waals surface area contributed by atoms with Crippen molar-refractivity contribution in [2.45, 2.75) is 28.4 Å². The largest absolute Gasteiger partial charge is 0.326 e. The molecule has 2 aliphatic rings. The van der Waals surface area contributed by atoms with Crippen LogP contribution in [0.4, 0.5) is 5.69 Å². The van der Waals surface area contributed by atoms with Crippen LogP contribution in [0.3, 0.4) is 0 Å². The lowest BCUT2D eigenvalue weighted by Gasteiger charge is -2.10. The number of nitriles is 1. The lowest BCUT2D eigenvalue weighted by Crippen LogP contribution is -2.17. The first-order valence-corrected chi connectivity index (χ1v) is 12.2. The minimum absolute atomic E-state index is 0.132. The molecule has 4 nitrogen and oxygen atoms in total. The Balaban J connectivity index is 1.51. The molecule has 2 saturated carbocycles. The summed E-state index contributed by atoms with van der Waals surface area (Å²) in [5, 5.41) is 13.4. The first-order valence-electron chi connectivity index (χ1n) is 9.45. The zero-order valence-electron chi connectivity index (χ0n) is 15.9. The number of nitrogens with one attached hydrogen (secondary N) is 1. The summed E-state index contributed by atoms with van der Waals surface area (Å²) in [5.41, 5.74) is 1.04. The average Bonchev–Trinajstić information content (AvgIpc) is 3.57. The quantitative estimate of drug-likeness (QED) is 0.276. The molecule has 1 N–H and O–H groups in total. The van der Waals surface area contributed by atoms with Crippen molar-refractivity contribution in [1.29, 1.82) is 5.26 Å². The van der Waals surface area contributed by atoms with Crippen LogP contribution in [0.5, 0.6) is 0 Å². The molecule has 2 aromatic carbocycles. The van der Waals surface area contributed by atoms with Crippen LogP contribution < -0.4 is 5.32 Å². The van der Waals surface area contributed by atoms with Gasteiger partial charge in [-0.05, 0) is 54.8 Å². The van der Waals surface area contributed by atoms with E-state index >= 15 is 0 Å². The zero-order valence-corrected chi connectivity index (χ0v) is 21.3. The minimum atomic E-state index is -0.631. The highest BCUT2D eigenvalue weighted by molar-refractivity contribution is 9.25. The third kappa shape index (κ3) is 4.67. The van der Waals surface area contributed by atoms with Crippen LogP contribution in [0.15, 0.2) is 36.4 Å². The van der Waals surface area contributed by atoms with Crippen molar-refractivity contribution in [2.24, 2.45) is 11.3 Å². The average molecular weight is 606 g/mol. The maximum atomic E-state index is 13.0. The van der Waals surface area contributed by atoms with E-state index in [2.05, 4.69) is 43.2 Å². The molecule has 0 aromatic heterocycles. The number of carbonyl (C=O) groups excluding carboxylic acids is 2. The molecule has 2 aromatic rings. The van der Waals surface area contributed by atoms with Crippen molar-refractivity contribution >= 4 is 84.0 Å². The van der Waals surface area contributed by atoms with E-state index in [0.717, 1.165) is 18.4 Å². The number of carbonyl (C=O) groups is 2. The monoisotopic (exact) mass is 602 g/mol. The third-order valence-electron chi connectivity index (χ3n) is 5.70. The fraction of sp³-hybridized carbons (Fsp3) is 0.318. The van der Waals surface area contributed by atoms with Gasteiger partial charge >= 0.3 is 0 Å². The molecule has 0 aliphatic heterocycles. The molecular formula is C22H15Br2Cl3N2O2. The fourth-order valence-corrected chi connectivity index (χ4v) is 6.24. The van der Waals surface area contributed by atoms with E-state index in [0.29, 0.717) is 26.3 Å². The van der Waals surface area contributed by atoms with Gasteiger partial charge < -0.3 is 5.32 Å². The van der Waals surface area contributed by atoms with E-state index < -0.39 is 14.6 Å². The summed E-state index contributed by atoms with van der Waals surface area (Å²) in [7, 11) is 0. The molecule has 0 bridgehead atoms. The second-order valence-electron chi connectivity index (χ2n) is 8.01. The van der Waals surface area contributed by atoms with Gasteiger partial charge in [0.2, 0.25) is 5.91 Å². The Morgan fingerprint density at radius 1 is 1.10 bits per heavy atom. The number of anilines is 1. The Hall–Kier alpha value is -1.10. The summed E-state index contributed by atoms with van der Waals surface area (Å²) >= 11 is 25.6. The number of alkyl halides is 2. The Kier molecular flexibility index (Phi) is 6.22. The van der Waals surface area contributed by atoms with Gasteiger partial charge in [0.25, 0.3) is 0 Å². The maximum Gasteiger partial charge on any atom is 0.230 e. The van der Waals surface area contributed by atoms with Crippen LogP contribution >= 0.6 is 66.7 Å². The maximum absolute atomic E-state index is 13.0. The summed E-state index contributed by atoms with van der Waals surface area (Å²) < 4.78 is -0.631. The number of nitrogens with zero attached hydrogens (tertiary/aromatic N) is 1. The van der Waals surface area contributed by atoms with Crippen LogP contribution in [0.1, 0.15) is 41.1 Å². The lowest BCUT2D eigenvalue weighted by atomic mass is 9.96. The first-order chi connectivity index (χ1) is 14.6. The Morgan fingerprint density at radius 2 is 1.74 bits per heavy atom. The van der Waals surface area contributed by atoms with Gasteiger partial charge in [-0.15, -0.1) is 0 Å². The molecule has 160 valence electrons. The van der Waals surface area contributed by atoms with E-state index in [-0.39, 0.29) is 24.0 Å². The third-order valence-corrected chi connectivity index (χ3v) is 8.44. The molecular weight excluding hydrogens is 590 g/mol. The molecule has 2 atom stereocenters. The number of ketones is 1. The molecule has 9 heteroatoms. The van der Waals surface area contributed by atoms with Gasteiger partial charge in [0.15, 0.2) is 5.78 Å². The SMILES string of the molecule is N#CC1(CC(=O)c2cc(NC(=O)C3C(c4cc(Cl)cc(Cl)c4)C3(Br)Br)ccc2Cl)CC1. The molecule has 4 rings (SSSR count). The Labute approximate surface area is 211 Å². The lowest BCUT2D eigenvalue weighted by molar-refractivity contribution is -0.117. The van der Waals surface area contributed by atoms with Crippen molar-refractivity contribution in [3.8, 4) is 6.07 Å². The minimum Gasteiger partial charge on any atom is -0.326 e. The van der Waals surface area contributed by atoms with Crippen LogP contribution in [-0.2, 0) is 4.79 Å². The van der Waals surface area contributed by atoms with Gasteiger partial charge in [-0.2, -0.15) is 5.26 Å². The number of hydrogen-bond donors (Lipinski definition) is 1. The van der Waals surface area contributed by atoms with Crippen LogP contribution in [0.2, 0.25) is 15.1 Å². The van der Waals surface area contributed by atoms with E-state index in [9.17, 15) is 14.9 Å². The summed E-state index contributed by atoms with van der Waals surface area (Å²) in [6, 6.07) is 12.2. The van der Waals surface area contributed by atoms with Crippen molar-refractivity contribution in [1.82, 2.24) is 0 Å². The highest BCUT2D eigenvalue weighted by Crippen LogP contribution is 2.67. The second kappa shape index (κ2) is 8.35. The van der Waals surface area contributed by atoms with Crippen molar-refractivity contribution in [3.63, 3.8) is 0 Å². The molecule has 2 fully saturated rings. The standard InChI is InChI=1S/C22H15Br2Cl3N2O2/c23-22(24)18(11-5-12(25)7-13(26)6-11)19(22)20(31)29-14-1-2-16(27)15(8-14)17(30)9-21(10-28)3-4-21/h1-2,5-8,18-19H,3-4,9H2,(H,29,31). The van der Waals surface area contributed by atoms with Gasteiger partial charge in [0.05, 0.1) is 22.4 Å². The normalized spacial score (nSPS) is 22.3. The predicted octanol–water partition coefficient (Wildman–Crippen LogP) is 7.36. The number of halogens is 5. The molecule has 0 heterocycles. The van der Waals surface area contributed by atoms with Crippen LogP contribution in [0, 0.1) is 22.7 Å². The second-order valence-corrected chi connectivity index (χ2v) is 13.0. The molecule has 1 amide bonds. The van der Waals surface area contributed by atoms with Gasteiger partial charge in [-0.25, -0.2) is 0 Å². The van der Waals surface area contributed by atoms with Crippen molar-refractivity contribution in [3.05, 3.63) is 62.6 Å². The highest BCUT2D eigenvalue weighted by Gasteiger charge is 2.66. The van der Waals surface area contributed by atoms with E-state index in [1.54, 1.807) is 36.4 Å². The number of rotatable bonds is 6. The molecule has 0 saturated heterocycles. The molecule has 2 unspecified atom stereocenters. The summed E-state index contributed by atoms with van der Waals surface area (Å²) in [6.45, 7) is 0. The summed E-state index contributed by atoms with van der Waals surface area (Å²) in [5.74, 6) is -1.03. The Morgan fingerprint density at radius 3 is 2.32 bits per heavy atom. The van der Waals surface area contributed by atoms with Gasteiger partial charge in [-0.1, -0.05) is 66.7 Å². The molecule has 0 spiro atoms. The first kappa shape index (κ1) is 23.1. The van der Waals surface area contributed by atoms with Gasteiger partial charge in [-0.3, -0.25) is 9.59 Å². The molecule has 31 heavy (non-hydrogen) atoms. The zero-order chi connectivity index (χ0) is 22.6. The smallest absolute Gasteiger partial charge is 0.230 e. The van der Waals surface area contributed by atoms with Crippen molar-refractivity contribution in [2.75, 3.05) is 5.32 Å². The topological polar surface area (TPSA) is 70.0 Å². The number of hydrogen-bond acceptors (Lipinski definition) is 3. The van der Waals surface area contributed by atoms with E-state index in [4.69, 9.17) is 34.8 Å². The Bertz CT molecular complexity index is 1120. The fourth-order valence-electron chi connectivity index (χ4n) is 3.74. The van der Waals surface area contributed by atoms with E-state index in [1.165, 1.54) is 0 Å². The van der Waals surface area contributed by atoms with Crippen LogP contribution in [-0.4, -0.2) is 14.9 Å². The van der Waals surface area contributed by atoms with Crippen molar-refractivity contribution < 1.29 is 9.59 Å². The molecule has 2 aliphatic carbocycles. The molecule has 0 radical (unpaired) electrons. The number of benzene rings is 2. The van der Waals surface area contributed by atoms with Gasteiger partial charge in [0, 0.05) is 33.6 Å².